The van der Waals surface area contributed by atoms with Gasteiger partial charge in [0.05, 0.1) is 17.5 Å². The molecule has 0 spiro atoms. The molecule has 0 aliphatic carbocycles. The minimum absolute atomic E-state index is 0.493. The van der Waals surface area contributed by atoms with Crippen molar-refractivity contribution in [3.05, 3.63) is 24.3 Å². The van der Waals surface area contributed by atoms with Gasteiger partial charge in [-0.1, -0.05) is 19.1 Å². The van der Waals surface area contributed by atoms with E-state index >= 15 is 0 Å². The minimum Gasteiger partial charge on any atom is -0.475 e. The maximum atomic E-state index is 5.74. The first-order valence-electron chi connectivity index (χ1n) is 7.06. The van der Waals surface area contributed by atoms with Crippen molar-refractivity contribution in [2.24, 2.45) is 0 Å². The molecule has 1 aromatic carbocycles. The molecule has 0 bridgehead atoms. The molecule has 108 valence electrons. The first-order chi connectivity index (χ1) is 9.85. The van der Waals surface area contributed by atoms with Gasteiger partial charge in [0.1, 0.15) is 6.61 Å². The molecule has 1 N–H and O–H groups in total. The highest BCUT2D eigenvalue weighted by molar-refractivity contribution is 5.84. The zero-order valence-corrected chi connectivity index (χ0v) is 12.1. The van der Waals surface area contributed by atoms with Gasteiger partial charge in [0, 0.05) is 13.2 Å². The van der Waals surface area contributed by atoms with E-state index in [1.165, 1.54) is 0 Å². The molecule has 1 aromatic heterocycles. The number of benzene rings is 1. The average Bonchev–Trinajstić information content (AvgIpc) is 2.47. The molecular weight excluding hydrogens is 254 g/mol. The molecule has 2 rings (SSSR count). The second-order valence-electron chi connectivity index (χ2n) is 4.36. The third kappa shape index (κ3) is 3.81. The van der Waals surface area contributed by atoms with Crippen LogP contribution in [0.5, 0.6) is 5.88 Å². The van der Waals surface area contributed by atoms with Crippen molar-refractivity contribution in [1.29, 1.82) is 0 Å². The third-order valence-corrected chi connectivity index (χ3v) is 2.72. The lowest BCUT2D eigenvalue weighted by molar-refractivity contribution is 0.0996. The molecule has 0 radical (unpaired) electrons. The van der Waals surface area contributed by atoms with Crippen LogP contribution in [0.25, 0.3) is 10.9 Å². The van der Waals surface area contributed by atoms with Crippen LogP contribution in [0, 0.1) is 0 Å². The van der Waals surface area contributed by atoms with Gasteiger partial charge in [0.25, 0.3) is 0 Å². The molecule has 2 aromatic rings. The molecule has 0 aliphatic heterocycles. The Morgan fingerprint density at radius 1 is 1.05 bits per heavy atom. The Labute approximate surface area is 119 Å². The summed E-state index contributed by atoms with van der Waals surface area (Å²) in [4.78, 5) is 8.86. The average molecular weight is 275 g/mol. The minimum atomic E-state index is 0.493. The van der Waals surface area contributed by atoms with Crippen molar-refractivity contribution in [1.82, 2.24) is 9.97 Å². The highest BCUT2D eigenvalue weighted by Crippen LogP contribution is 2.23. The van der Waals surface area contributed by atoms with Crippen LogP contribution in [0.3, 0.4) is 0 Å². The van der Waals surface area contributed by atoms with E-state index in [4.69, 9.17) is 9.47 Å². The zero-order valence-electron chi connectivity index (χ0n) is 12.1. The molecule has 0 amide bonds. The zero-order chi connectivity index (χ0) is 14.2. The van der Waals surface area contributed by atoms with E-state index in [1.54, 1.807) is 0 Å². The number of para-hydroxylation sites is 1. The maximum absolute atomic E-state index is 5.74. The van der Waals surface area contributed by atoms with Gasteiger partial charge in [-0.05, 0) is 25.5 Å². The van der Waals surface area contributed by atoms with Crippen LogP contribution >= 0.6 is 0 Å². The maximum Gasteiger partial charge on any atom is 0.226 e. The predicted molar refractivity (Wildman–Crippen MR) is 80.3 cm³/mol. The molecule has 20 heavy (non-hydrogen) atoms. The van der Waals surface area contributed by atoms with Gasteiger partial charge in [-0.15, -0.1) is 0 Å². The summed E-state index contributed by atoms with van der Waals surface area (Å²) in [7, 11) is 0. The Kier molecular flexibility index (Phi) is 5.55. The van der Waals surface area contributed by atoms with Crippen LogP contribution in [0.4, 0.5) is 5.95 Å². The number of nitrogens with one attached hydrogen (secondary N) is 1. The fourth-order valence-corrected chi connectivity index (χ4v) is 1.84. The van der Waals surface area contributed by atoms with Gasteiger partial charge in [-0.25, -0.2) is 4.98 Å². The molecule has 0 saturated carbocycles. The Bertz CT molecular complexity index is 546. The smallest absolute Gasteiger partial charge is 0.226 e. The van der Waals surface area contributed by atoms with E-state index in [2.05, 4.69) is 22.2 Å². The van der Waals surface area contributed by atoms with Crippen molar-refractivity contribution in [3.8, 4) is 5.88 Å². The van der Waals surface area contributed by atoms with Gasteiger partial charge in [0.15, 0.2) is 0 Å². The van der Waals surface area contributed by atoms with E-state index in [1.807, 2.05) is 31.2 Å². The molecule has 0 unspecified atom stereocenters. The Morgan fingerprint density at radius 2 is 1.90 bits per heavy atom. The van der Waals surface area contributed by atoms with Gasteiger partial charge in [0.2, 0.25) is 11.8 Å². The summed E-state index contributed by atoms with van der Waals surface area (Å²) in [6.07, 6.45) is 1.01. The quantitative estimate of drug-likeness (QED) is 0.751. The number of ether oxygens (including phenoxy) is 2. The van der Waals surface area contributed by atoms with Crippen molar-refractivity contribution >= 4 is 16.9 Å². The number of nitrogens with zero attached hydrogens (tertiary/aromatic N) is 2. The van der Waals surface area contributed by atoms with Crippen LogP contribution in [0.2, 0.25) is 0 Å². The molecule has 0 aliphatic rings. The van der Waals surface area contributed by atoms with Crippen molar-refractivity contribution < 1.29 is 9.47 Å². The van der Waals surface area contributed by atoms with Crippen molar-refractivity contribution in [3.63, 3.8) is 0 Å². The van der Waals surface area contributed by atoms with Crippen LogP contribution in [0.1, 0.15) is 20.3 Å². The molecule has 5 nitrogen and oxygen atoms in total. The topological polar surface area (TPSA) is 56.3 Å². The second kappa shape index (κ2) is 7.65. The summed E-state index contributed by atoms with van der Waals surface area (Å²) in [5.41, 5.74) is 0.878. The first-order valence-corrected chi connectivity index (χ1v) is 7.06. The molecular formula is C15H21N3O2. The molecule has 0 fully saturated rings. The fraction of sp³-hybridized carbons (Fsp3) is 0.467. The van der Waals surface area contributed by atoms with Crippen LogP contribution in [0.15, 0.2) is 24.3 Å². The summed E-state index contributed by atoms with van der Waals surface area (Å²) < 4.78 is 11.1. The summed E-state index contributed by atoms with van der Waals surface area (Å²) in [6.45, 7) is 6.70. The lowest BCUT2D eigenvalue weighted by atomic mass is 10.2. The van der Waals surface area contributed by atoms with E-state index in [0.717, 1.165) is 30.5 Å². The molecule has 0 saturated heterocycles. The monoisotopic (exact) mass is 275 g/mol. The van der Waals surface area contributed by atoms with E-state index < -0.39 is 0 Å². The van der Waals surface area contributed by atoms with Crippen LogP contribution < -0.4 is 10.1 Å². The van der Waals surface area contributed by atoms with E-state index in [9.17, 15) is 0 Å². The summed E-state index contributed by atoms with van der Waals surface area (Å²) in [5.74, 6) is 1.20. The number of fused-ring (bicyclic) bond motifs is 1. The van der Waals surface area contributed by atoms with Gasteiger partial charge in [-0.3, -0.25) is 0 Å². The Balaban J connectivity index is 2.12. The molecule has 0 atom stereocenters. The highest BCUT2D eigenvalue weighted by Gasteiger charge is 2.07. The molecule has 5 heteroatoms. The van der Waals surface area contributed by atoms with Crippen LogP contribution in [-0.2, 0) is 4.74 Å². The lowest BCUT2D eigenvalue weighted by Gasteiger charge is -2.10. The van der Waals surface area contributed by atoms with Gasteiger partial charge < -0.3 is 14.8 Å². The van der Waals surface area contributed by atoms with E-state index in [0.29, 0.717) is 25.0 Å². The predicted octanol–water partition coefficient (Wildman–Crippen LogP) is 2.87. The number of anilines is 1. The summed E-state index contributed by atoms with van der Waals surface area (Å²) in [5, 5.41) is 4.04. The SMILES string of the molecule is CCCOCCOc1nc(NCC)nc2ccccc12. The number of rotatable bonds is 8. The second-order valence-corrected chi connectivity index (χ2v) is 4.36. The molecule has 1 heterocycles. The summed E-state index contributed by atoms with van der Waals surface area (Å²) >= 11 is 0. The normalized spacial score (nSPS) is 10.7. The van der Waals surface area contributed by atoms with E-state index in [-0.39, 0.29) is 0 Å². The van der Waals surface area contributed by atoms with Gasteiger partial charge >= 0.3 is 0 Å². The van der Waals surface area contributed by atoms with Crippen molar-refractivity contribution in [2.75, 3.05) is 31.7 Å². The first kappa shape index (κ1) is 14.5. The Morgan fingerprint density at radius 3 is 2.70 bits per heavy atom. The number of hydrogen-bond acceptors (Lipinski definition) is 5. The van der Waals surface area contributed by atoms with Crippen LogP contribution in [-0.4, -0.2) is 36.3 Å². The number of aromatic nitrogens is 2. The lowest BCUT2D eigenvalue weighted by Crippen LogP contribution is -2.10. The fourth-order valence-electron chi connectivity index (χ4n) is 1.84. The standard InChI is InChI=1S/C15H21N3O2/c1-3-9-19-10-11-20-14-12-7-5-6-8-13(12)17-15(18-14)16-4-2/h5-8H,3-4,9-11H2,1-2H3,(H,16,17,18). The highest BCUT2D eigenvalue weighted by atomic mass is 16.5. The van der Waals surface area contributed by atoms with Crippen molar-refractivity contribution in [2.45, 2.75) is 20.3 Å². The Hall–Kier alpha value is -1.88. The third-order valence-electron chi connectivity index (χ3n) is 2.72. The number of hydrogen-bond donors (Lipinski definition) is 1. The summed E-state index contributed by atoms with van der Waals surface area (Å²) in [6, 6.07) is 7.84. The van der Waals surface area contributed by atoms with Gasteiger partial charge in [-0.2, -0.15) is 4.98 Å². The largest absolute Gasteiger partial charge is 0.475 e.